The van der Waals surface area contributed by atoms with Crippen LogP contribution in [0.1, 0.15) is 56.5 Å². The number of hydrogen-bond acceptors (Lipinski definition) is 4. The van der Waals surface area contributed by atoms with Crippen LogP contribution in [0.25, 0.3) is 11.1 Å². The fraction of sp³-hybridized carbons (Fsp3) is 0.385. The number of ether oxygens (including phenoxy) is 1. The molecule has 1 aliphatic heterocycles. The van der Waals surface area contributed by atoms with Gasteiger partial charge in [-0.2, -0.15) is 5.10 Å². The van der Waals surface area contributed by atoms with Crippen LogP contribution in [0.2, 0.25) is 0 Å². The van der Waals surface area contributed by atoms with Gasteiger partial charge in [0.05, 0.1) is 6.20 Å². The monoisotopic (exact) mass is 432 g/mol. The number of hydrogen-bond donors (Lipinski definition) is 3. The number of amides is 1. The fourth-order valence-corrected chi connectivity index (χ4v) is 4.79. The average Bonchev–Trinajstić information content (AvgIpc) is 3.25. The van der Waals surface area contributed by atoms with Crippen molar-refractivity contribution < 1.29 is 9.53 Å². The second-order valence-electron chi connectivity index (χ2n) is 9.97. The Bertz CT molecular complexity index is 1040. The molecule has 32 heavy (non-hydrogen) atoms. The third-order valence-corrected chi connectivity index (χ3v) is 5.81. The molecule has 0 unspecified atom stereocenters. The Morgan fingerprint density at radius 1 is 1.06 bits per heavy atom. The molecule has 0 saturated carbocycles. The third kappa shape index (κ3) is 5.56. The van der Waals surface area contributed by atoms with Gasteiger partial charge in [-0.05, 0) is 75.9 Å². The van der Waals surface area contributed by atoms with Crippen LogP contribution in [0, 0.1) is 0 Å². The lowest BCUT2D eigenvalue weighted by Gasteiger charge is -2.46. The van der Waals surface area contributed by atoms with Crippen molar-refractivity contribution in [2.24, 2.45) is 0 Å². The number of rotatable bonds is 6. The Morgan fingerprint density at radius 3 is 2.44 bits per heavy atom. The molecule has 0 atom stereocenters. The summed E-state index contributed by atoms with van der Waals surface area (Å²) in [6.07, 6.45) is 5.46. The van der Waals surface area contributed by atoms with Crippen molar-refractivity contribution in [1.82, 2.24) is 20.8 Å². The maximum atomic E-state index is 12.8. The van der Waals surface area contributed by atoms with E-state index in [1.54, 1.807) is 6.20 Å². The molecule has 2 aromatic carbocycles. The van der Waals surface area contributed by atoms with Crippen LogP contribution in [0.5, 0.6) is 5.75 Å². The van der Waals surface area contributed by atoms with Gasteiger partial charge >= 0.3 is 0 Å². The van der Waals surface area contributed by atoms with Gasteiger partial charge in [0.2, 0.25) is 0 Å². The normalized spacial score (nSPS) is 17.6. The number of carbonyl (C=O) groups excluding carboxylic acids is 1. The Balaban J connectivity index is 1.34. The summed E-state index contributed by atoms with van der Waals surface area (Å²) in [7, 11) is 0. The SMILES string of the molecule is CC1(C)CC(NC(=O)c2ccc(COc3cccc(-c4cn[nH]c4)c3)cc2)CC(C)(C)N1. The standard InChI is InChI=1S/C26H32N4O2/c1-25(2)13-22(14-26(3,4)30-25)29-24(31)19-10-8-18(9-11-19)17-32-23-7-5-6-20(12-23)21-15-27-28-16-21/h5-12,15-16,22,30H,13-14,17H2,1-4H3,(H,27,28)(H,29,31). The second kappa shape index (κ2) is 8.79. The molecule has 0 aliphatic carbocycles. The smallest absolute Gasteiger partial charge is 0.251 e. The van der Waals surface area contributed by atoms with Gasteiger partial charge in [-0.15, -0.1) is 0 Å². The first kappa shape index (κ1) is 22.1. The molecule has 0 spiro atoms. The highest BCUT2D eigenvalue weighted by Gasteiger charge is 2.38. The largest absolute Gasteiger partial charge is 0.489 e. The van der Waals surface area contributed by atoms with Gasteiger partial charge in [0.1, 0.15) is 12.4 Å². The Kier molecular flexibility index (Phi) is 6.07. The predicted octanol–water partition coefficient (Wildman–Crippen LogP) is 4.69. The molecule has 1 aliphatic rings. The van der Waals surface area contributed by atoms with E-state index in [1.807, 2.05) is 54.7 Å². The number of carbonyl (C=O) groups is 1. The van der Waals surface area contributed by atoms with Gasteiger partial charge < -0.3 is 15.4 Å². The van der Waals surface area contributed by atoms with Crippen LogP contribution >= 0.6 is 0 Å². The van der Waals surface area contributed by atoms with Crippen LogP contribution in [-0.2, 0) is 6.61 Å². The number of aromatic amines is 1. The number of nitrogens with one attached hydrogen (secondary N) is 3. The van der Waals surface area contributed by atoms with Crippen LogP contribution < -0.4 is 15.4 Å². The Labute approximate surface area is 189 Å². The van der Waals surface area contributed by atoms with Gasteiger partial charge in [0.25, 0.3) is 5.91 Å². The molecule has 1 saturated heterocycles. The van der Waals surface area contributed by atoms with Crippen molar-refractivity contribution in [2.45, 2.75) is 64.3 Å². The van der Waals surface area contributed by atoms with E-state index in [-0.39, 0.29) is 23.0 Å². The number of benzene rings is 2. The van der Waals surface area contributed by atoms with E-state index in [2.05, 4.69) is 48.5 Å². The third-order valence-electron chi connectivity index (χ3n) is 5.81. The molecule has 168 valence electrons. The maximum absolute atomic E-state index is 12.8. The highest BCUT2D eigenvalue weighted by molar-refractivity contribution is 5.94. The molecular formula is C26H32N4O2. The number of piperidine rings is 1. The minimum absolute atomic E-state index is 0.00416. The summed E-state index contributed by atoms with van der Waals surface area (Å²) in [6, 6.07) is 15.7. The number of nitrogens with zero attached hydrogens (tertiary/aromatic N) is 1. The molecule has 1 fully saturated rings. The van der Waals surface area contributed by atoms with Gasteiger partial charge in [-0.25, -0.2) is 0 Å². The Morgan fingerprint density at radius 2 is 1.78 bits per heavy atom. The van der Waals surface area contributed by atoms with Crippen molar-refractivity contribution in [3.05, 3.63) is 72.1 Å². The summed E-state index contributed by atoms with van der Waals surface area (Å²) >= 11 is 0. The molecule has 0 bridgehead atoms. The van der Waals surface area contributed by atoms with Crippen LogP contribution in [0.15, 0.2) is 60.9 Å². The first-order valence-corrected chi connectivity index (χ1v) is 11.1. The summed E-state index contributed by atoms with van der Waals surface area (Å²) in [5.74, 6) is 0.769. The summed E-state index contributed by atoms with van der Waals surface area (Å²) in [6.45, 7) is 9.19. The van der Waals surface area contributed by atoms with Crippen LogP contribution in [0.4, 0.5) is 0 Å². The lowest BCUT2D eigenvalue weighted by atomic mass is 9.79. The number of aromatic nitrogens is 2. The van der Waals surface area contributed by atoms with E-state index in [4.69, 9.17) is 4.74 Å². The summed E-state index contributed by atoms with van der Waals surface area (Å²) < 4.78 is 5.96. The lowest BCUT2D eigenvalue weighted by Crippen LogP contribution is -2.62. The zero-order chi connectivity index (χ0) is 22.8. The van der Waals surface area contributed by atoms with Gasteiger partial charge in [-0.3, -0.25) is 9.89 Å². The van der Waals surface area contributed by atoms with E-state index >= 15 is 0 Å². The quantitative estimate of drug-likeness (QED) is 0.528. The van der Waals surface area contributed by atoms with E-state index in [9.17, 15) is 4.79 Å². The summed E-state index contributed by atoms with van der Waals surface area (Å²) in [5.41, 5.74) is 3.74. The summed E-state index contributed by atoms with van der Waals surface area (Å²) in [5, 5.41) is 13.7. The van der Waals surface area contributed by atoms with Crippen LogP contribution in [-0.4, -0.2) is 33.2 Å². The Hall–Kier alpha value is -3.12. The highest BCUT2D eigenvalue weighted by atomic mass is 16.5. The first-order valence-electron chi connectivity index (χ1n) is 11.1. The zero-order valence-corrected chi connectivity index (χ0v) is 19.2. The van der Waals surface area contributed by atoms with E-state index in [0.717, 1.165) is 35.3 Å². The van der Waals surface area contributed by atoms with Crippen molar-refractivity contribution >= 4 is 5.91 Å². The minimum atomic E-state index is -0.0243. The van der Waals surface area contributed by atoms with E-state index < -0.39 is 0 Å². The highest BCUT2D eigenvalue weighted by Crippen LogP contribution is 2.29. The predicted molar refractivity (Wildman–Crippen MR) is 127 cm³/mol. The van der Waals surface area contributed by atoms with Crippen molar-refractivity contribution in [2.75, 3.05) is 0 Å². The molecule has 6 nitrogen and oxygen atoms in total. The van der Waals surface area contributed by atoms with Crippen LogP contribution in [0.3, 0.4) is 0 Å². The number of H-pyrrole nitrogens is 1. The van der Waals surface area contributed by atoms with Crippen molar-refractivity contribution in [1.29, 1.82) is 0 Å². The van der Waals surface area contributed by atoms with E-state index in [0.29, 0.717) is 12.2 Å². The fourth-order valence-electron chi connectivity index (χ4n) is 4.79. The van der Waals surface area contributed by atoms with E-state index in [1.165, 1.54) is 0 Å². The first-order chi connectivity index (χ1) is 15.2. The minimum Gasteiger partial charge on any atom is -0.489 e. The molecular weight excluding hydrogens is 400 g/mol. The molecule has 1 amide bonds. The maximum Gasteiger partial charge on any atom is 0.251 e. The second-order valence-corrected chi connectivity index (χ2v) is 9.97. The molecule has 3 aromatic rings. The molecule has 1 aromatic heterocycles. The molecule has 0 radical (unpaired) electrons. The van der Waals surface area contributed by atoms with Crippen molar-refractivity contribution in [3.8, 4) is 16.9 Å². The lowest BCUT2D eigenvalue weighted by molar-refractivity contribution is 0.0873. The van der Waals surface area contributed by atoms with Gasteiger partial charge in [-0.1, -0.05) is 24.3 Å². The topological polar surface area (TPSA) is 79.0 Å². The molecule has 2 heterocycles. The molecule has 6 heteroatoms. The van der Waals surface area contributed by atoms with Gasteiger partial charge in [0.15, 0.2) is 0 Å². The summed E-state index contributed by atoms with van der Waals surface area (Å²) in [4.78, 5) is 12.8. The zero-order valence-electron chi connectivity index (χ0n) is 19.2. The van der Waals surface area contributed by atoms with Crippen molar-refractivity contribution in [3.63, 3.8) is 0 Å². The molecule has 3 N–H and O–H groups in total. The van der Waals surface area contributed by atoms with Gasteiger partial charge in [0, 0.05) is 34.4 Å². The molecule has 4 rings (SSSR count). The average molecular weight is 433 g/mol.